The van der Waals surface area contributed by atoms with Crippen molar-refractivity contribution in [1.82, 2.24) is 4.98 Å². The number of hydrogen-bond acceptors (Lipinski definition) is 4. The lowest BCUT2D eigenvalue weighted by molar-refractivity contribution is 0.110. The number of fused-ring (bicyclic) bond motifs is 1. The quantitative estimate of drug-likeness (QED) is 0.704. The van der Waals surface area contributed by atoms with Crippen molar-refractivity contribution in [1.29, 1.82) is 0 Å². The van der Waals surface area contributed by atoms with E-state index in [4.69, 9.17) is 10.8 Å². The second-order valence-electron chi connectivity index (χ2n) is 3.74. The van der Waals surface area contributed by atoms with Gasteiger partial charge in [-0.05, 0) is 5.39 Å². The summed E-state index contributed by atoms with van der Waals surface area (Å²) < 4.78 is 0. The molecule has 0 saturated carbocycles. The third-order valence-electron chi connectivity index (χ3n) is 2.63. The molecular formula is C12H14N2O2. The summed E-state index contributed by atoms with van der Waals surface area (Å²) in [6.45, 7) is -0.260. The van der Waals surface area contributed by atoms with Gasteiger partial charge < -0.3 is 15.9 Å². The number of pyridine rings is 1. The summed E-state index contributed by atoms with van der Waals surface area (Å²) in [5.74, 6) is 0. The number of aromatic nitrogens is 1. The summed E-state index contributed by atoms with van der Waals surface area (Å²) in [7, 11) is 0. The van der Waals surface area contributed by atoms with Gasteiger partial charge in [-0.15, -0.1) is 0 Å². The van der Waals surface area contributed by atoms with Gasteiger partial charge in [0.2, 0.25) is 0 Å². The zero-order valence-corrected chi connectivity index (χ0v) is 8.74. The highest BCUT2D eigenvalue weighted by Crippen LogP contribution is 2.24. The summed E-state index contributed by atoms with van der Waals surface area (Å²) in [6, 6.07) is 6.94. The monoisotopic (exact) mass is 218 g/mol. The molecule has 0 radical (unpaired) electrons. The lowest BCUT2D eigenvalue weighted by atomic mass is 9.99. The highest BCUT2D eigenvalue weighted by molar-refractivity contribution is 5.84. The summed E-state index contributed by atoms with van der Waals surface area (Å²) >= 11 is 0. The second-order valence-corrected chi connectivity index (χ2v) is 3.74. The van der Waals surface area contributed by atoms with Crippen LogP contribution in [0.2, 0.25) is 0 Å². The molecule has 4 heteroatoms. The number of aliphatic hydroxyl groups excluding tert-OH is 2. The molecule has 84 valence electrons. The lowest BCUT2D eigenvalue weighted by Gasteiger charge is -2.18. The molecule has 1 aromatic heterocycles. The van der Waals surface area contributed by atoms with Gasteiger partial charge in [0.25, 0.3) is 0 Å². The largest absolute Gasteiger partial charge is 0.395 e. The van der Waals surface area contributed by atoms with E-state index < -0.39 is 12.1 Å². The van der Waals surface area contributed by atoms with Crippen LogP contribution in [-0.4, -0.2) is 27.8 Å². The molecular weight excluding hydrogens is 204 g/mol. The summed E-state index contributed by atoms with van der Waals surface area (Å²) in [5, 5.41) is 20.8. The lowest BCUT2D eigenvalue weighted by Crippen LogP contribution is -2.32. The Kier molecular flexibility index (Phi) is 3.14. The van der Waals surface area contributed by atoms with Gasteiger partial charge >= 0.3 is 0 Å². The molecule has 1 aromatic carbocycles. The van der Waals surface area contributed by atoms with Gasteiger partial charge in [0.15, 0.2) is 0 Å². The Bertz CT molecular complexity index is 482. The number of benzene rings is 1. The fraction of sp³-hybridized carbons (Fsp3) is 0.250. The van der Waals surface area contributed by atoms with Crippen LogP contribution in [0.1, 0.15) is 11.7 Å². The van der Waals surface area contributed by atoms with Crippen LogP contribution in [0.4, 0.5) is 0 Å². The fourth-order valence-corrected chi connectivity index (χ4v) is 1.71. The molecule has 4 nitrogen and oxygen atoms in total. The minimum absolute atomic E-state index is 0.260. The van der Waals surface area contributed by atoms with E-state index in [1.807, 2.05) is 24.3 Å². The van der Waals surface area contributed by atoms with E-state index in [1.165, 1.54) is 0 Å². The maximum Gasteiger partial charge on any atom is 0.0984 e. The van der Waals surface area contributed by atoms with E-state index in [1.54, 1.807) is 12.4 Å². The van der Waals surface area contributed by atoms with Crippen LogP contribution >= 0.6 is 0 Å². The van der Waals surface area contributed by atoms with Crippen LogP contribution in [0.5, 0.6) is 0 Å². The Hall–Kier alpha value is -1.49. The van der Waals surface area contributed by atoms with Crippen molar-refractivity contribution in [3.8, 4) is 0 Å². The molecule has 0 aliphatic carbocycles. The summed E-state index contributed by atoms with van der Waals surface area (Å²) in [6.07, 6.45) is 2.42. The smallest absolute Gasteiger partial charge is 0.0984 e. The van der Waals surface area contributed by atoms with Crippen LogP contribution in [0.25, 0.3) is 10.8 Å². The number of aliphatic hydroxyl groups is 2. The molecule has 0 saturated heterocycles. The SMILES string of the molecule is NC(CO)C(O)c1cncc2ccccc12. The first-order valence-corrected chi connectivity index (χ1v) is 5.11. The van der Waals surface area contributed by atoms with Crippen LogP contribution in [-0.2, 0) is 0 Å². The molecule has 0 aliphatic rings. The maximum atomic E-state index is 9.96. The Labute approximate surface area is 93.4 Å². The van der Waals surface area contributed by atoms with Crippen molar-refractivity contribution in [3.63, 3.8) is 0 Å². The first-order chi connectivity index (χ1) is 7.74. The van der Waals surface area contributed by atoms with Crippen molar-refractivity contribution in [2.24, 2.45) is 5.73 Å². The van der Waals surface area contributed by atoms with Gasteiger partial charge in [-0.3, -0.25) is 4.98 Å². The zero-order chi connectivity index (χ0) is 11.5. The Morgan fingerprint density at radius 2 is 2.00 bits per heavy atom. The topological polar surface area (TPSA) is 79.4 Å². The van der Waals surface area contributed by atoms with Crippen LogP contribution in [0.3, 0.4) is 0 Å². The molecule has 2 atom stereocenters. The molecule has 1 heterocycles. The van der Waals surface area contributed by atoms with Gasteiger partial charge in [0.1, 0.15) is 0 Å². The fourth-order valence-electron chi connectivity index (χ4n) is 1.71. The number of nitrogens with two attached hydrogens (primary N) is 1. The van der Waals surface area contributed by atoms with Gasteiger partial charge in [-0.25, -0.2) is 0 Å². The standard InChI is InChI=1S/C12H14N2O2/c13-11(7-15)12(16)10-6-14-5-8-3-1-2-4-9(8)10/h1-6,11-12,15-16H,7,13H2. The minimum Gasteiger partial charge on any atom is -0.395 e. The molecule has 16 heavy (non-hydrogen) atoms. The highest BCUT2D eigenvalue weighted by atomic mass is 16.3. The summed E-state index contributed by atoms with van der Waals surface area (Å²) in [4.78, 5) is 4.05. The third kappa shape index (κ3) is 1.90. The van der Waals surface area contributed by atoms with Crippen LogP contribution in [0, 0.1) is 0 Å². The molecule has 2 unspecified atom stereocenters. The summed E-state index contributed by atoms with van der Waals surface area (Å²) in [5.41, 5.74) is 6.26. The average molecular weight is 218 g/mol. The first kappa shape index (κ1) is 11.0. The van der Waals surface area contributed by atoms with Gasteiger partial charge in [0.05, 0.1) is 18.8 Å². The normalized spacial score (nSPS) is 14.9. The molecule has 0 amide bonds. The van der Waals surface area contributed by atoms with E-state index in [-0.39, 0.29) is 6.61 Å². The Morgan fingerprint density at radius 1 is 1.25 bits per heavy atom. The van der Waals surface area contributed by atoms with E-state index in [0.29, 0.717) is 5.56 Å². The predicted molar refractivity (Wildman–Crippen MR) is 61.8 cm³/mol. The molecule has 0 aliphatic heterocycles. The zero-order valence-electron chi connectivity index (χ0n) is 8.74. The molecule has 0 fully saturated rings. The molecule has 2 aromatic rings. The number of hydrogen-bond donors (Lipinski definition) is 3. The predicted octanol–water partition coefficient (Wildman–Crippen LogP) is 0.588. The Balaban J connectivity index is 2.52. The number of nitrogens with zero attached hydrogens (tertiary/aromatic N) is 1. The number of rotatable bonds is 3. The van der Waals surface area contributed by atoms with Gasteiger partial charge in [0, 0.05) is 23.3 Å². The molecule has 0 spiro atoms. The Morgan fingerprint density at radius 3 is 2.75 bits per heavy atom. The molecule has 2 rings (SSSR count). The van der Waals surface area contributed by atoms with Crippen LogP contribution < -0.4 is 5.73 Å². The van der Waals surface area contributed by atoms with E-state index in [9.17, 15) is 5.11 Å². The minimum atomic E-state index is -0.899. The van der Waals surface area contributed by atoms with Crippen molar-refractivity contribution in [2.45, 2.75) is 12.1 Å². The van der Waals surface area contributed by atoms with Gasteiger partial charge in [-0.1, -0.05) is 24.3 Å². The van der Waals surface area contributed by atoms with Crippen LogP contribution in [0.15, 0.2) is 36.7 Å². The highest BCUT2D eigenvalue weighted by Gasteiger charge is 2.18. The first-order valence-electron chi connectivity index (χ1n) is 5.11. The van der Waals surface area contributed by atoms with Gasteiger partial charge in [-0.2, -0.15) is 0 Å². The molecule has 4 N–H and O–H groups in total. The average Bonchev–Trinajstić information content (AvgIpc) is 2.36. The van der Waals surface area contributed by atoms with Crippen molar-refractivity contribution in [2.75, 3.05) is 6.61 Å². The van der Waals surface area contributed by atoms with E-state index in [2.05, 4.69) is 4.98 Å². The molecule has 0 bridgehead atoms. The van der Waals surface area contributed by atoms with Crippen molar-refractivity contribution >= 4 is 10.8 Å². The van der Waals surface area contributed by atoms with E-state index in [0.717, 1.165) is 10.8 Å². The third-order valence-corrected chi connectivity index (χ3v) is 2.63. The second kappa shape index (κ2) is 4.57. The van der Waals surface area contributed by atoms with Crippen molar-refractivity contribution in [3.05, 3.63) is 42.2 Å². The maximum absolute atomic E-state index is 9.96. The van der Waals surface area contributed by atoms with E-state index >= 15 is 0 Å². The van der Waals surface area contributed by atoms with Crippen molar-refractivity contribution < 1.29 is 10.2 Å².